The number of piperidine rings is 1. The molecule has 3 unspecified atom stereocenters. The van der Waals surface area contributed by atoms with Gasteiger partial charge in [-0.05, 0) is 45.1 Å². The summed E-state index contributed by atoms with van der Waals surface area (Å²) in [6.45, 7) is 0.876. The van der Waals surface area contributed by atoms with E-state index in [0.29, 0.717) is 6.04 Å². The fraction of sp³-hybridized carbons (Fsp3) is 1.00. The third-order valence-corrected chi connectivity index (χ3v) is 5.65. The summed E-state index contributed by atoms with van der Waals surface area (Å²) in [7, 11) is 2.22. The van der Waals surface area contributed by atoms with Gasteiger partial charge in [0, 0.05) is 24.7 Å². The Balaban J connectivity index is 1.43. The second kappa shape index (κ2) is 6.11. The Morgan fingerprint density at radius 2 is 1.74 bits per heavy atom. The second-order valence-electron chi connectivity index (χ2n) is 7.24. The molecule has 3 fully saturated rings. The van der Waals surface area contributed by atoms with Crippen LogP contribution in [-0.2, 0) is 0 Å². The minimum atomic E-state index is -0.111. The lowest BCUT2D eigenvalue weighted by Crippen LogP contribution is -2.48. The molecule has 2 saturated heterocycles. The van der Waals surface area contributed by atoms with Gasteiger partial charge in [0.05, 0.1) is 6.10 Å². The minimum Gasteiger partial charge on any atom is -0.392 e. The third kappa shape index (κ3) is 3.50. The highest BCUT2D eigenvalue weighted by molar-refractivity contribution is 4.95. The largest absolute Gasteiger partial charge is 0.392 e. The van der Waals surface area contributed by atoms with Crippen LogP contribution in [0, 0.1) is 5.92 Å². The van der Waals surface area contributed by atoms with Crippen LogP contribution in [0.5, 0.6) is 0 Å². The van der Waals surface area contributed by atoms with Gasteiger partial charge in [-0.2, -0.15) is 0 Å². The highest BCUT2D eigenvalue weighted by Crippen LogP contribution is 2.31. The molecule has 0 aromatic heterocycles. The van der Waals surface area contributed by atoms with Gasteiger partial charge in [0.25, 0.3) is 0 Å². The van der Waals surface area contributed by atoms with Crippen LogP contribution in [0.2, 0.25) is 0 Å². The van der Waals surface area contributed by atoms with E-state index in [2.05, 4.69) is 17.3 Å². The van der Waals surface area contributed by atoms with Crippen LogP contribution >= 0.6 is 0 Å². The lowest BCUT2D eigenvalue weighted by atomic mass is 9.96. The van der Waals surface area contributed by atoms with E-state index in [1.54, 1.807) is 0 Å². The van der Waals surface area contributed by atoms with E-state index in [1.807, 2.05) is 0 Å². The summed E-state index contributed by atoms with van der Waals surface area (Å²) in [6.07, 6.45) is 11.7. The van der Waals surface area contributed by atoms with E-state index in [0.717, 1.165) is 31.0 Å². The molecule has 0 amide bonds. The average Bonchev–Trinajstić information content (AvgIpc) is 2.99. The summed E-state index contributed by atoms with van der Waals surface area (Å²) in [5.41, 5.74) is 0. The van der Waals surface area contributed by atoms with Crippen LogP contribution in [0.25, 0.3) is 0 Å². The van der Waals surface area contributed by atoms with Crippen LogP contribution in [0.15, 0.2) is 0 Å². The monoisotopic (exact) mass is 266 g/mol. The van der Waals surface area contributed by atoms with Crippen molar-refractivity contribution in [1.82, 2.24) is 10.2 Å². The minimum absolute atomic E-state index is 0.111. The van der Waals surface area contributed by atoms with Gasteiger partial charge in [-0.1, -0.05) is 25.7 Å². The maximum atomic E-state index is 10.3. The standard InChI is InChI=1S/C16H30N2O/c1-18(11-16(19)8-12-4-2-3-5-12)15-9-13-6-7-14(10-15)17-13/h12-17,19H,2-11H2,1H3. The number of hydrogen-bond donors (Lipinski definition) is 2. The van der Waals surface area contributed by atoms with Crippen molar-refractivity contribution in [1.29, 1.82) is 0 Å². The molecule has 0 aromatic rings. The normalized spacial score (nSPS) is 37.1. The van der Waals surface area contributed by atoms with Crippen molar-refractivity contribution in [2.24, 2.45) is 5.92 Å². The first-order valence-corrected chi connectivity index (χ1v) is 8.35. The van der Waals surface area contributed by atoms with E-state index < -0.39 is 0 Å². The maximum Gasteiger partial charge on any atom is 0.0669 e. The fourth-order valence-corrected chi connectivity index (χ4v) is 4.57. The fourth-order valence-electron chi connectivity index (χ4n) is 4.57. The van der Waals surface area contributed by atoms with Crippen molar-refractivity contribution in [2.75, 3.05) is 13.6 Å². The molecule has 3 atom stereocenters. The van der Waals surface area contributed by atoms with E-state index >= 15 is 0 Å². The zero-order valence-electron chi connectivity index (χ0n) is 12.4. The second-order valence-corrected chi connectivity index (χ2v) is 7.24. The zero-order valence-corrected chi connectivity index (χ0v) is 12.4. The Kier molecular flexibility index (Phi) is 4.45. The van der Waals surface area contributed by atoms with E-state index in [9.17, 15) is 5.11 Å². The summed E-state index contributed by atoms with van der Waals surface area (Å²) >= 11 is 0. The third-order valence-electron chi connectivity index (χ3n) is 5.65. The topological polar surface area (TPSA) is 35.5 Å². The summed E-state index contributed by atoms with van der Waals surface area (Å²) in [5.74, 6) is 0.799. The molecule has 3 aliphatic rings. The first-order chi connectivity index (χ1) is 9.20. The number of fused-ring (bicyclic) bond motifs is 2. The van der Waals surface area contributed by atoms with Crippen LogP contribution in [-0.4, -0.2) is 47.8 Å². The van der Waals surface area contributed by atoms with Crippen molar-refractivity contribution < 1.29 is 5.11 Å². The number of hydrogen-bond acceptors (Lipinski definition) is 3. The predicted molar refractivity (Wildman–Crippen MR) is 78.2 cm³/mol. The Morgan fingerprint density at radius 3 is 2.37 bits per heavy atom. The molecule has 2 heterocycles. The highest BCUT2D eigenvalue weighted by Gasteiger charge is 2.35. The van der Waals surface area contributed by atoms with E-state index in [4.69, 9.17) is 0 Å². The van der Waals surface area contributed by atoms with Gasteiger partial charge in [-0.3, -0.25) is 0 Å². The lowest BCUT2D eigenvalue weighted by molar-refractivity contribution is 0.0706. The molecule has 0 radical (unpaired) electrons. The maximum absolute atomic E-state index is 10.3. The molecule has 1 saturated carbocycles. The van der Waals surface area contributed by atoms with E-state index in [1.165, 1.54) is 51.4 Å². The molecule has 3 nitrogen and oxygen atoms in total. The number of rotatable bonds is 5. The van der Waals surface area contributed by atoms with Crippen LogP contribution in [0.4, 0.5) is 0 Å². The molecule has 2 N–H and O–H groups in total. The molecule has 2 aliphatic heterocycles. The lowest BCUT2D eigenvalue weighted by Gasteiger charge is -2.36. The van der Waals surface area contributed by atoms with Crippen molar-refractivity contribution in [3.8, 4) is 0 Å². The van der Waals surface area contributed by atoms with Crippen molar-refractivity contribution in [3.05, 3.63) is 0 Å². The van der Waals surface area contributed by atoms with Gasteiger partial charge in [-0.25, -0.2) is 0 Å². The Morgan fingerprint density at radius 1 is 1.11 bits per heavy atom. The quantitative estimate of drug-likeness (QED) is 0.800. The molecular weight excluding hydrogens is 236 g/mol. The van der Waals surface area contributed by atoms with E-state index in [-0.39, 0.29) is 6.10 Å². The number of aliphatic hydroxyl groups excluding tert-OH is 1. The molecule has 19 heavy (non-hydrogen) atoms. The first kappa shape index (κ1) is 13.8. The Hall–Kier alpha value is -0.120. The summed E-state index contributed by atoms with van der Waals surface area (Å²) in [6, 6.07) is 2.19. The van der Waals surface area contributed by atoms with Crippen molar-refractivity contribution in [2.45, 2.75) is 82.0 Å². The number of aliphatic hydroxyl groups is 1. The van der Waals surface area contributed by atoms with Crippen LogP contribution in [0.3, 0.4) is 0 Å². The Bertz CT molecular complexity index is 278. The van der Waals surface area contributed by atoms with Gasteiger partial charge in [0.1, 0.15) is 0 Å². The molecule has 0 aromatic carbocycles. The summed E-state index contributed by atoms with van der Waals surface area (Å²) in [5, 5.41) is 14.0. The molecule has 0 spiro atoms. The van der Waals surface area contributed by atoms with Gasteiger partial charge >= 0.3 is 0 Å². The van der Waals surface area contributed by atoms with Crippen molar-refractivity contribution >= 4 is 0 Å². The molecule has 1 aliphatic carbocycles. The molecule has 3 rings (SSSR count). The molecular formula is C16H30N2O. The van der Waals surface area contributed by atoms with Gasteiger partial charge in [-0.15, -0.1) is 0 Å². The summed E-state index contributed by atoms with van der Waals surface area (Å²) < 4.78 is 0. The van der Waals surface area contributed by atoms with Crippen LogP contribution in [0.1, 0.15) is 57.8 Å². The smallest absolute Gasteiger partial charge is 0.0669 e. The summed E-state index contributed by atoms with van der Waals surface area (Å²) in [4.78, 5) is 2.44. The SMILES string of the molecule is CN(CC(O)CC1CCCC1)C1CC2CCC(C1)N2. The van der Waals surface area contributed by atoms with Gasteiger partial charge in [0.15, 0.2) is 0 Å². The average molecular weight is 266 g/mol. The van der Waals surface area contributed by atoms with Gasteiger partial charge in [0.2, 0.25) is 0 Å². The number of nitrogens with zero attached hydrogens (tertiary/aromatic N) is 1. The molecule has 3 heteroatoms. The first-order valence-electron chi connectivity index (χ1n) is 8.35. The predicted octanol–water partition coefficient (Wildman–Crippen LogP) is 2.14. The van der Waals surface area contributed by atoms with Crippen LogP contribution < -0.4 is 5.32 Å². The van der Waals surface area contributed by atoms with Crippen molar-refractivity contribution in [3.63, 3.8) is 0 Å². The molecule has 110 valence electrons. The Labute approximate surface area is 117 Å². The zero-order chi connectivity index (χ0) is 13.2. The van der Waals surface area contributed by atoms with Gasteiger partial charge < -0.3 is 15.3 Å². The number of nitrogens with one attached hydrogen (secondary N) is 1. The highest BCUT2D eigenvalue weighted by atomic mass is 16.3. The molecule has 2 bridgehead atoms. The number of likely N-dealkylation sites (N-methyl/N-ethyl adjacent to an activating group) is 1.